The molecular formula is C30H18ClFN4O2S. The van der Waals surface area contributed by atoms with Crippen molar-refractivity contribution in [1.82, 2.24) is 9.97 Å². The molecule has 1 atom stereocenters. The maximum Gasteiger partial charge on any atom is 0.345 e. The van der Waals surface area contributed by atoms with Crippen LogP contribution >= 0.6 is 22.9 Å². The van der Waals surface area contributed by atoms with Crippen molar-refractivity contribution in [2.45, 2.75) is 12.5 Å². The number of hydrazone groups is 1. The Kier molecular flexibility index (Phi) is 5.72. The highest BCUT2D eigenvalue weighted by atomic mass is 35.5. The van der Waals surface area contributed by atoms with Crippen molar-refractivity contribution in [3.63, 3.8) is 0 Å². The molecule has 3 aromatic carbocycles. The fourth-order valence-corrected chi connectivity index (χ4v) is 5.92. The van der Waals surface area contributed by atoms with E-state index in [1.54, 1.807) is 24.3 Å². The van der Waals surface area contributed by atoms with E-state index in [0.29, 0.717) is 33.5 Å². The Morgan fingerprint density at radius 3 is 2.56 bits per heavy atom. The van der Waals surface area contributed by atoms with E-state index in [2.05, 4.69) is 4.98 Å². The lowest BCUT2D eigenvalue weighted by molar-refractivity contribution is 0.563. The van der Waals surface area contributed by atoms with Crippen LogP contribution in [0.2, 0.25) is 5.15 Å². The van der Waals surface area contributed by atoms with Crippen LogP contribution in [-0.4, -0.2) is 15.7 Å². The number of thiazole rings is 1. The average Bonchev–Trinajstić information content (AvgIpc) is 3.61. The lowest BCUT2D eigenvalue weighted by Gasteiger charge is -2.22. The maximum atomic E-state index is 13.6. The predicted octanol–water partition coefficient (Wildman–Crippen LogP) is 7.61. The lowest BCUT2D eigenvalue weighted by Crippen LogP contribution is -2.19. The molecule has 6 aromatic rings. The van der Waals surface area contributed by atoms with Gasteiger partial charge in [0.1, 0.15) is 16.6 Å². The third-order valence-corrected chi connectivity index (χ3v) is 7.89. The van der Waals surface area contributed by atoms with Gasteiger partial charge in [-0.25, -0.2) is 24.2 Å². The minimum atomic E-state index is -0.458. The van der Waals surface area contributed by atoms with Crippen molar-refractivity contribution in [3.8, 4) is 11.3 Å². The van der Waals surface area contributed by atoms with Gasteiger partial charge in [-0.15, -0.1) is 11.3 Å². The van der Waals surface area contributed by atoms with E-state index < -0.39 is 5.63 Å². The summed E-state index contributed by atoms with van der Waals surface area (Å²) in [6.45, 7) is 0. The fraction of sp³-hybridized carbons (Fsp3) is 0.0667. The molecule has 0 saturated carbocycles. The number of nitrogens with zero attached hydrogens (tertiary/aromatic N) is 4. The van der Waals surface area contributed by atoms with E-state index in [-0.39, 0.29) is 11.9 Å². The van der Waals surface area contributed by atoms with Gasteiger partial charge in [0.25, 0.3) is 0 Å². The van der Waals surface area contributed by atoms with Gasteiger partial charge in [0, 0.05) is 28.1 Å². The molecule has 0 N–H and O–H groups in total. The monoisotopic (exact) mass is 552 g/mol. The van der Waals surface area contributed by atoms with Gasteiger partial charge in [0.2, 0.25) is 5.13 Å². The van der Waals surface area contributed by atoms with Crippen LogP contribution in [0, 0.1) is 5.82 Å². The number of aromatic nitrogens is 2. The summed E-state index contributed by atoms with van der Waals surface area (Å²) in [5.74, 6) is -0.314. The van der Waals surface area contributed by atoms with Gasteiger partial charge in [-0.05, 0) is 42.0 Å². The van der Waals surface area contributed by atoms with Crippen LogP contribution in [0.3, 0.4) is 0 Å². The molecule has 1 aliphatic heterocycles. The Morgan fingerprint density at radius 2 is 1.72 bits per heavy atom. The van der Waals surface area contributed by atoms with Crippen LogP contribution in [0.4, 0.5) is 9.52 Å². The zero-order chi connectivity index (χ0) is 26.5. The molecule has 190 valence electrons. The third kappa shape index (κ3) is 4.27. The number of hydrogen-bond acceptors (Lipinski definition) is 7. The largest absolute Gasteiger partial charge is 0.422 e. The van der Waals surface area contributed by atoms with Gasteiger partial charge in [-0.3, -0.25) is 0 Å². The van der Waals surface area contributed by atoms with Crippen molar-refractivity contribution in [3.05, 3.63) is 123 Å². The van der Waals surface area contributed by atoms with Gasteiger partial charge in [0.15, 0.2) is 0 Å². The summed E-state index contributed by atoms with van der Waals surface area (Å²) in [7, 11) is 0. The van der Waals surface area contributed by atoms with Gasteiger partial charge in [-0.2, -0.15) is 5.10 Å². The first-order valence-corrected chi connectivity index (χ1v) is 13.5. The normalized spacial score (nSPS) is 15.3. The minimum Gasteiger partial charge on any atom is -0.422 e. The number of halogens is 2. The number of para-hydroxylation sites is 2. The van der Waals surface area contributed by atoms with Gasteiger partial charge < -0.3 is 4.42 Å². The van der Waals surface area contributed by atoms with E-state index in [0.717, 1.165) is 33.1 Å². The van der Waals surface area contributed by atoms with Crippen LogP contribution in [0.25, 0.3) is 33.1 Å². The highest BCUT2D eigenvalue weighted by Crippen LogP contribution is 2.41. The summed E-state index contributed by atoms with van der Waals surface area (Å²) in [5, 5.41) is 11.3. The molecule has 0 aliphatic carbocycles. The summed E-state index contributed by atoms with van der Waals surface area (Å²) in [6, 6.07) is 24.9. The van der Waals surface area contributed by atoms with Crippen molar-refractivity contribution in [2.75, 3.05) is 5.01 Å². The Labute approximate surface area is 230 Å². The molecule has 4 heterocycles. The Balaban J connectivity index is 1.33. The smallest absolute Gasteiger partial charge is 0.345 e. The van der Waals surface area contributed by atoms with Gasteiger partial charge >= 0.3 is 5.63 Å². The number of rotatable bonds is 4. The van der Waals surface area contributed by atoms with Crippen molar-refractivity contribution >= 4 is 55.7 Å². The van der Waals surface area contributed by atoms with E-state index in [9.17, 15) is 9.18 Å². The van der Waals surface area contributed by atoms with Crippen LogP contribution in [0.5, 0.6) is 0 Å². The topological polar surface area (TPSA) is 71.6 Å². The van der Waals surface area contributed by atoms with Crippen LogP contribution in [-0.2, 0) is 0 Å². The molecule has 0 bridgehead atoms. The predicted molar refractivity (Wildman–Crippen MR) is 153 cm³/mol. The lowest BCUT2D eigenvalue weighted by atomic mass is 9.98. The average molecular weight is 553 g/mol. The van der Waals surface area contributed by atoms with Crippen LogP contribution in [0.15, 0.2) is 105 Å². The summed E-state index contributed by atoms with van der Waals surface area (Å²) in [6.07, 6.45) is 0.512. The number of anilines is 1. The Morgan fingerprint density at radius 1 is 0.949 bits per heavy atom. The van der Waals surface area contributed by atoms with E-state index in [1.165, 1.54) is 23.5 Å². The Hall–Kier alpha value is -4.40. The molecule has 6 nitrogen and oxygen atoms in total. The highest BCUT2D eigenvalue weighted by molar-refractivity contribution is 7.14. The van der Waals surface area contributed by atoms with E-state index in [4.69, 9.17) is 26.1 Å². The number of hydrogen-bond donors (Lipinski definition) is 0. The van der Waals surface area contributed by atoms with Crippen LogP contribution in [0.1, 0.15) is 23.6 Å². The fourth-order valence-electron chi connectivity index (χ4n) is 4.82. The molecule has 3 aromatic heterocycles. The number of pyridine rings is 1. The highest BCUT2D eigenvalue weighted by Gasteiger charge is 2.34. The van der Waals surface area contributed by atoms with Gasteiger partial charge in [0.05, 0.1) is 28.5 Å². The molecule has 0 fully saturated rings. The van der Waals surface area contributed by atoms with E-state index in [1.807, 2.05) is 58.9 Å². The molecule has 9 heteroatoms. The molecule has 39 heavy (non-hydrogen) atoms. The maximum absolute atomic E-state index is 13.6. The second kappa shape index (κ2) is 9.41. The molecule has 0 spiro atoms. The quantitative estimate of drug-likeness (QED) is 0.166. The molecule has 0 saturated heterocycles. The summed E-state index contributed by atoms with van der Waals surface area (Å²) < 4.78 is 19.2. The van der Waals surface area contributed by atoms with Crippen molar-refractivity contribution in [2.24, 2.45) is 5.10 Å². The molecule has 0 amide bonds. The van der Waals surface area contributed by atoms with Crippen molar-refractivity contribution < 1.29 is 8.81 Å². The molecule has 7 rings (SSSR count). The SMILES string of the molecule is O=c1oc2ccccc2cc1-c1csc(N2N=C(c3ccc(F)cc3)CC2c2cc3ccccc3nc2Cl)n1. The summed E-state index contributed by atoms with van der Waals surface area (Å²) in [4.78, 5) is 22.2. The van der Waals surface area contributed by atoms with Crippen LogP contribution < -0.4 is 10.6 Å². The Bertz CT molecular complexity index is 1970. The zero-order valence-electron chi connectivity index (χ0n) is 20.2. The number of fused-ring (bicyclic) bond motifs is 2. The standard InChI is InChI=1S/C30H18ClFN4O2S/c31-28-22(13-18-5-1-3-7-23(18)33-28)26-15-24(17-9-11-20(32)12-10-17)35-36(26)30-34-25(16-39-30)21-14-19-6-2-4-8-27(19)38-29(21)37/h1-14,16,26H,15H2. The molecule has 0 radical (unpaired) electrons. The third-order valence-electron chi connectivity index (χ3n) is 6.76. The summed E-state index contributed by atoms with van der Waals surface area (Å²) in [5.41, 5.74) is 4.12. The summed E-state index contributed by atoms with van der Waals surface area (Å²) >= 11 is 8.09. The molecule has 1 aliphatic rings. The first kappa shape index (κ1) is 23.7. The minimum absolute atomic E-state index is 0.304. The van der Waals surface area contributed by atoms with Crippen molar-refractivity contribution in [1.29, 1.82) is 0 Å². The second-order valence-electron chi connectivity index (χ2n) is 9.18. The molecular weight excluding hydrogens is 535 g/mol. The first-order chi connectivity index (χ1) is 19.0. The molecule has 1 unspecified atom stereocenters. The first-order valence-electron chi connectivity index (χ1n) is 12.2. The van der Waals surface area contributed by atoms with E-state index >= 15 is 0 Å². The zero-order valence-corrected chi connectivity index (χ0v) is 21.8. The second-order valence-corrected chi connectivity index (χ2v) is 10.4. The number of benzene rings is 3. The van der Waals surface area contributed by atoms with Gasteiger partial charge in [-0.1, -0.05) is 60.1 Å².